The summed E-state index contributed by atoms with van der Waals surface area (Å²) in [5.41, 5.74) is 0. The Morgan fingerprint density at radius 3 is 0.688 bits per heavy atom. The third-order valence-electron chi connectivity index (χ3n) is 20.8. The normalized spacial score (nSPS) is 54.5. The summed E-state index contributed by atoms with van der Waals surface area (Å²) < 4.78 is 109. The summed E-state index contributed by atoms with van der Waals surface area (Å²) >= 11 is 0. The fraction of sp³-hybridized carbons (Fsp3) is 1.00. The Kier molecular flexibility index (Phi) is 31.3. The van der Waals surface area contributed by atoms with Crippen LogP contribution in [0.25, 0.3) is 0 Å². The van der Waals surface area contributed by atoms with Gasteiger partial charge in [-0.2, -0.15) is 0 Å². The highest BCUT2D eigenvalue weighted by molar-refractivity contribution is 5.04. The van der Waals surface area contributed by atoms with Crippen LogP contribution in [0.3, 0.4) is 0 Å². The lowest BCUT2D eigenvalue weighted by atomic mass is 9.94. The van der Waals surface area contributed by atoms with Crippen molar-refractivity contribution in [3.8, 4) is 0 Å². The highest BCUT2D eigenvalue weighted by Gasteiger charge is 2.62. The Morgan fingerprint density at radius 2 is 0.367 bits per heavy atom. The van der Waals surface area contributed by atoms with Gasteiger partial charge in [-0.15, -0.1) is 0 Å². The zero-order valence-electron chi connectivity index (χ0n) is 57.7. The molecule has 0 aromatic carbocycles. The minimum Gasteiger partial charge on any atom is -0.394 e. The van der Waals surface area contributed by atoms with Crippen molar-refractivity contribution in [3.05, 3.63) is 0 Å². The fourth-order valence-corrected chi connectivity index (χ4v) is 14.3. The molecule has 49 heteroatoms. The lowest BCUT2D eigenvalue weighted by Crippen LogP contribution is -2.69. The van der Waals surface area contributed by atoms with Gasteiger partial charge in [0.05, 0.1) is 65.1 Å². The monoisotopic (exact) mass is 1610 g/mol. The molecule has 0 radical (unpaired) electrons. The molecule has 0 unspecified atom stereocenters. The van der Waals surface area contributed by atoms with E-state index in [4.69, 9.17) is 90.0 Å². The topological polar surface area (TPSA) is 782 Å². The largest absolute Gasteiger partial charge is 0.394 e. The molecule has 49 nitrogen and oxygen atoms in total. The van der Waals surface area contributed by atoms with E-state index in [9.17, 15) is 153 Å². The van der Waals surface area contributed by atoms with Crippen molar-refractivity contribution in [2.45, 2.75) is 321 Å². The highest BCUT2D eigenvalue weighted by atomic mass is 16.8. The number of hydrogen-bond acceptors (Lipinski definition) is 49. The van der Waals surface area contributed by atoms with Crippen molar-refractivity contribution in [3.63, 3.8) is 0 Å². The predicted octanol–water partition coefficient (Wildman–Crippen LogP) is -20.7. The predicted molar refractivity (Wildman–Crippen MR) is 327 cm³/mol. The van der Waals surface area contributed by atoms with Gasteiger partial charge in [-0.1, -0.05) is 0 Å². The van der Waals surface area contributed by atoms with Gasteiger partial charge in [0.25, 0.3) is 0 Å². The molecule has 0 bridgehead atoms. The van der Waals surface area contributed by atoms with Gasteiger partial charge < -0.3 is 243 Å². The molecule has 109 heavy (non-hydrogen) atoms. The molecule has 0 aromatic heterocycles. The number of rotatable bonds is 26. The maximum absolute atomic E-state index is 12.3. The lowest BCUT2D eigenvalue weighted by molar-refractivity contribution is -0.415. The third kappa shape index (κ3) is 18.4. The van der Waals surface area contributed by atoms with E-state index in [-0.39, 0.29) is 0 Å². The van der Waals surface area contributed by atoms with Gasteiger partial charge in [0.2, 0.25) is 0 Å². The minimum atomic E-state index is -2.50. The van der Waals surface area contributed by atoms with E-state index in [1.54, 1.807) is 0 Å². The van der Waals surface area contributed by atoms with E-state index in [0.717, 1.165) is 0 Å². The van der Waals surface area contributed by atoms with Gasteiger partial charge in [0.1, 0.15) is 232 Å². The Hall–Kier alpha value is -1.96. The quantitative estimate of drug-likeness (QED) is 0.0382. The van der Waals surface area contributed by atoms with Crippen LogP contribution in [-0.4, -0.2) is 513 Å². The molecular weight excluding hydrogens is 1500 g/mol. The molecular formula is C60H102O49. The second-order valence-electron chi connectivity index (χ2n) is 28.0. The van der Waals surface area contributed by atoms with E-state index < -0.39 is 360 Å². The van der Waals surface area contributed by atoms with Crippen LogP contribution in [0, 0.1) is 0 Å². The van der Waals surface area contributed by atoms with Crippen molar-refractivity contribution in [1.82, 2.24) is 0 Å². The van der Waals surface area contributed by atoms with Crippen LogP contribution < -0.4 is 0 Å². The van der Waals surface area contributed by atoms with Crippen molar-refractivity contribution < 1.29 is 243 Å². The second-order valence-corrected chi connectivity index (χ2v) is 28.0. The van der Waals surface area contributed by atoms with Crippen LogP contribution >= 0.6 is 0 Å². The molecule has 10 fully saturated rings. The zero-order valence-corrected chi connectivity index (χ0v) is 57.7. The molecule has 0 aliphatic carbocycles. The lowest BCUT2D eigenvalue weighted by Gasteiger charge is -2.51. The first kappa shape index (κ1) is 89.4. The smallest absolute Gasteiger partial charge is 0.187 e. The Labute approximate surface area is 615 Å². The van der Waals surface area contributed by atoms with Crippen molar-refractivity contribution >= 4 is 0 Å². The molecule has 0 saturated carbocycles. The van der Waals surface area contributed by atoms with E-state index in [2.05, 4.69) is 0 Å². The summed E-state index contributed by atoms with van der Waals surface area (Å²) in [4.78, 5) is 0. The maximum atomic E-state index is 12.3. The highest BCUT2D eigenvalue weighted by Crippen LogP contribution is 2.41. The summed E-state index contributed by atoms with van der Waals surface area (Å²) in [7, 11) is 0. The number of ether oxygens (including phenoxy) is 19. The van der Waals surface area contributed by atoms with Crippen molar-refractivity contribution in [1.29, 1.82) is 0 Å². The minimum absolute atomic E-state index is 0.901. The molecule has 10 rings (SSSR count). The van der Waals surface area contributed by atoms with Crippen LogP contribution in [-0.2, 0) is 90.0 Å². The summed E-state index contributed by atoms with van der Waals surface area (Å²) in [6.07, 6.45) is -105. The maximum Gasteiger partial charge on any atom is 0.187 e. The average molecular weight is 1610 g/mol. The molecule has 50 atom stereocenters. The van der Waals surface area contributed by atoms with Crippen molar-refractivity contribution in [2.24, 2.45) is 0 Å². The Balaban J connectivity index is 0.892. The molecule has 636 valence electrons. The van der Waals surface area contributed by atoms with E-state index in [1.165, 1.54) is 13.8 Å². The van der Waals surface area contributed by atoms with Gasteiger partial charge in [-0.05, 0) is 13.8 Å². The Bertz CT molecular complexity index is 2750. The SMILES string of the molecule is C[C@@H]1O[C@@H](O[C@@H]2[C@@H](O)[C@H](O[C@H]3[C@H](O)[C@@H](CO)O[C@@H](O[C@@H]4[C@H](O)[C@H](O[C@@H]5[C@@H](O)[C@H](C)O[C@@H](O[C@@H]6[C@H](O)[C@H](O)O[C@H](CO)[C@H]6O)[C@@H]5O)O[C@H](CO)[C@H]4O)[C@H]3O[C@H]3O[C@H](CO)[C@@H](O)[C@H](O)[C@@H]3O)O[C@H](CO)[C@H]2O)[C@H](O)[C@H](O[C@@H]2O[C@H](CO)[C@@H](O)[C@H](O[C@@H]3O[C@H](CO)[C@@H](O)[C@H](O)[C@@H]3O[C@H]3O[C@H](CO)[C@@H](O)[C@H](O)[C@@H]3O)[C@@H]2O)[C@H]1O. The van der Waals surface area contributed by atoms with Gasteiger partial charge in [0, 0.05) is 0 Å². The first-order valence-corrected chi connectivity index (χ1v) is 34.9. The molecule has 10 saturated heterocycles. The van der Waals surface area contributed by atoms with Crippen LogP contribution in [0.15, 0.2) is 0 Å². The molecule has 10 aliphatic rings. The van der Waals surface area contributed by atoms with Gasteiger partial charge in [-0.3, -0.25) is 0 Å². The summed E-state index contributed by atoms with van der Waals surface area (Å²) in [6, 6.07) is 0. The van der Waals surface area contributed by atoms with Crippen LogP contribution in [0.2, 0.25) is 0 Å². The van der Waals surface area contributed by atoms with E-state index in [1.807, 2.05) is 0 Å². The molecule has 10 aliphatic heterocycles. The van der Waals surface area contributed by atoms with E-state index in [0.29, 0.717) is 0 Å². The molecule has 0 amide bonds. The summed E-state index contributed by atoms with van der Waals surface area (Å²) in [6.45, 7) is -6.31. The molecule has 30 N–H and O–H groups in total. The van der Waals surface area contributed by atoms with Crippen molar-refractivity contribution in [2.75, 3.05) is 52.9 Å². The van der Waals surface area contributed by atoms with Gasteiger partial charge >= 0.3 is 0 Å². The third-order valence-corrected chi connectivity index (χ3v) is 20.8. The van der Waals surface area contributed by atoms with Gasteiger partial charge in [0.15, 0.2) is 62.9 Å². The average Bonchev–Trinajstić information content (AvgIpc) is 0.771. The zero-order chi connectivity index (χ0) is 80.0. The van der Waals surface area contributed by atoms with Crippen LogP contribution in [0.1, 0.15) is 13.8 Å². The first-order chi connectivity index (χ1) is 51.6. The fourth-order valence-electron chi connectivity index (χ4n) is 14.3. The molecule has 0 spiro atoms. The van der Waals surface area contributed by atoms with Crippen LogP contribution in [0.5, 0.6) is 0 Å². The second kappa shape index (κ2) is 38.2. The number of hydrogen-bond donors (Lipinski definition) is 30. The first-order valence-electron chi connectivity index (χ1n) is 34.9. The number of aliphatic hydroxyl groups is 30. The van der Waals surface area contributed by atoms with Gasteiger partial charge in [-0.25, -0.2) is 0 Å². The Morgan fingerprint density at radius 1 is 0.165 bits per heavy atom. The summed E-state index contributed by atoms with van der Waals surface area (Å²) in [5.74, 6) is 0. The van der Waals surface area contributed by atoms with E-state index >= 15 is 0 Å². The van der Waals surface area contributed by atoms with Crippen LogP contribution in [0.4, 0.5) is 0 Å². The standard InChI is InChI=1S/C60H102O49/c1-11-21(69)42(37(85)54(91-11)103-44-26(74)16(6-64)93-51(90)36(44)84)101-57-41(89)47(29(77)19(9-67)97-57)106-60-50(109-53-35(83)32(80)24(72)14(4-62)95-53)48(30(78)20(10-68)100-60)107-58-39(87)45(27(75)17(7-65)98-58)104-55-38(86)43(22(70)12(2)92-55)102-56-40(88)46(28(76)18(8-66)96-56)105-59-49(33(81)25(73)15(5-63)99-59)108-52-34(82)31(79)23(71)13(3-61)94-52/h11-90H,3-10H2,1-2H3/t11-,12-,13+,14+,15+,16+,17+,18+,19+,20+,21-,22-,23+,24+,25+,26+,27+,28+,29+,30+,31-,32-,33-,34-,35-,36-,37+,38+,39+,40-,41-,42+,43+,44-,45-,46-,47-,48-,49-,50-,51+,52+,53+,54-,55-,56-,57-,58-,59-,60-/m0/s1. The number of aliphatic hydroxyl groups excluding tert-OH is 30. The molecule has 10 heterocycles. The molecule has 0 aromatic rings. The summed E-state index contributed by atoms with van der Waals surface area (Å²) in [5, 5.41) is 331.